The normalized spacial score (nSPS) is 15.3. The van der Waals surface area contributed by atoms with Gasteiger partial charge in [-0.2, -0.15) is 4.98 Å². The molecule has 0 atom stereocenters. The first-order valence-corrected chi connectivity index (χ1v) is 8.93. The molecule has 0 saturated carbocycles. The second kappa shape index (κ2) is 7.04. The van der Waals surface area contributed by atoms with Crippen LogP contribution < -0.4 is 0 Å². The van der Waals surface area contributed by atoms with Crippen molar-refractivity contribution >= 4 is 29.0 Å². The number of aromatic nitrogens is 3. The molecule has 2 aromatic heterocycles. The van der Waals surface area contributed by atoms with E-state index in [0.29, 0.717) is 23.2 Å². The van der Waals surface area contributed by atoms with Gasteiger partial charge in [0, 0.05) is 19.3 Å². The number of carbonyl (C=O) groups is 1. The lowest BCUT2D eigenvalue weighted by Crippen LogP contribution is -2.36. The van der Waals surface area contributed by atoms with Crippen LogP contribution in [-0.2, 0) is 10.5 Å². The average molecular weight is 324 g/mol. The first kappa shape index (κ1) is 14.5. The van der Waals surface area contributed by atoms with Gasteiger partial charge < -0.3 is 9.42 Å². The summed E-state index contributed by atoms with van der Waals surface area (Å²) in [5.74, 6) is 2.36. The number of likely N-dealkylation sites (tertiary alicyclic amines) is 1. The molecule has 112 valence electrons. The lowest BCUT2D eigenvalue weighted by Gasteiger charge is -2.26. The Bertz CT molecular complexity index is 579. The number of rotatable bonds is 5. The highest BCUT2D eigenvalue weighted by atomic mass is 32.2. The van der Waals surface area contributed by atoms with E-state index in [2.05, 4.69) is 15.1 Å². The van der Waals surface area contributed by atoms with Crippen LogP contribution in [0.25, 0.3) is 10.7 Å². The Labute approximate surface area is 130 Å². The first-order chi connectivity index (χ1) is 10.3. The Balaban J connectivity index is 1.46. The molecule has 1 saturated heterocycles. The molecule has 0 spiro atoms. The van der Waals surface area contributed by atoms with Crippen LogP contribution in [0.4, 0.5) is 0 Å². The minimum atomic E-state index is 0.210. The topological polar surface area (TPSA) is 72.1 Å². The van der Waals surface area contributed by atoms with Crippen molar-refractivity contribution in [3.63, 3.8) is 0 Å². The molecule has 1 amide bonds. The molecule has 0 aromatic carbocycles. The molecule has 1 fully saturated rings. The highest BCUT2D eigenvalue weighted by Gasteiger charge is 2.17. The second-order valence-corrected chi connectivity index (χ2v) is 6.68. The maximum atomic E-state index is 12.0. The van der Waals surface area contributed by atoms with Crippen molar-refractivity contribution in [2.24, 2.45) is 0 Å². The molecule has 1 aliphatic rings. The molecule has 0 radical (unpaired) electrons. The zero-order valence-electron chi connectivity index (χ0n) is 11.5. The Hall–Kier alpha value is -1.41. The van der Waals surface area contributed by atoms with Gasteiger partial charge in [0.05, 0.1) is 21.9 Å². The second-order valence-electron chi connectivity index (χ2n) is 4.81. The van der Waals surface area contributed by atoms with Crippen molar-refractivity contribution in [2.45, 2.75) is 25.0 Å². The van der Waals surface area contributed by atoms with Gasteiger partial charge in [-0.05, 0) is 19.3 Å². The number of thiazole rings is 1. The van der Waals surface area contributed by atoms with E-state index in [9.17, 15) is 4.79 Å². The SMILES string of the molecule is O=C(CSCc1nc(-c2cncs2)no1)N1CCCCC1. The summed E-state index contributed by atoms with van der Waals surface area (Å²) >= 11 is 2.99. The largest absolute Gasteiger partial charge is 0.342 e. The van der Waals surface area contributed by atoms with Crippen molar-refractivity contribution < 1.29 is 9.32 Å². The van der Waals surface area contributed by atoms with Crippen molar-refractivity contribution in [1.82, 2.24) is 20.0 Å². The van der Waals surface area contributed by atoms with Crippen molar-refractivity contribution in [3.8, 4) is 10.7 Å². The molecule has 8 heteroatoms. The van der Waals surface area contributed by atoms with Gasteiger partial charge in [0.2, 0.25) is 17.6 Å². The molecule has 21 heavy (non-hydrogen) atoms. The van der Waals surface area contributed by atoms with Crippen LogP contribution in [0.1, 0.15) is 25.2 Å². The number of hydrogen-bond acceptors (Lipinski definition) is 7. The maximum Gasteiger partial charge on any atom is 0.236 e. The molecule has 2 aromatic rings. The third-order valence-corrected chi connectivity index (χ3v) is 4.95. The van der Waals surface area contributed by atoms with Crippen LogP contribution in [-0.4, -0.2) is 44.8 Å². The summed E-state index contributed by atoms with van der Waals surface area (Å²) in [4.78, 5) is 23.1. The highest BCUT2D eigenvalue weighted by molar-refractivity contribution is 7.99. The molecule has 0 unspecified atom stereocenters. The molecular formula is C13H16N4O2S2. The van der Waals surface area contributed by atoms with Gasteiger partial charge in [-0.25, -0.2) is 0 Å². The molecule has 3 heterocycles. The lowest BCUT2D eigenvalue weighted by molar-refractivity contribution is -0.129. The van der Waals surface area contributed by atoms with Gasteiger partial charge in [0.1, 0.15) is 0 Å². The standard InChI is InChI=1S/C13H16N4O2S2/c18-12(17-4-2-1-3-5-17)8-20-7-11-15-13(16-19-11)10-6-14-9-21-10/h6,9H,1-5,7-8H2. The number of hydrogen-bond donors (Lipinski definition) is 0. The zero-order valence-corrected chi connectivity index (χ0v) is 13.2. The number of carbonyl (C=O) groups excluding carboxylic acids is 1. The highest BCUT2D eigenvalue weighted by Crippen LogP contribution is 2.21. The summed E-state index contributed by atoms with van der Waals surface area (Å²) in [6, 6.07) is 0. The van der Waals surface area contributed by atoms with Gasteiger partial charge in [0.25, 0.3) is 0 Å². The summed E-state index contributed by atoms with van der Waals surface area (Å²) in [5.41, 5.74) is 1.73. The average Bonchev–Trinajstić information content (AvgIpc) is 3.19. The predicted octanol–water partition coefficient (Wildman–Crippen LogP) is 2.44. The van der Waals surface area contributed by atoms with Gasteiger partial charge in [-0.3, -0.25) is 9.78 Å². The summed E-state index contributed by atoms with van der Waals surface area (Å²) in [6.07, 6.45) is 5.20. The molecule has 3 rings (SSSR count). The molecule has 0 aliphatic carbocycles. The van der Waals surface area contributed by atoms with Crippen LogP contribution in [0.5, 0.6) is 0 Å². The number of nitrogens with zero attached hydrogens (tertiary/aromatic N) is 4. The Morgan fingerprint density at radius 1 is 1.38 bits per heavy atom. The van der Waals surface area contributed by atoms with E-state index < -0.39 is 0 Å². The van der Waals surface area contributed by atoms with E-state index in [1.807, 2.05) is 4.90 Å². The third-order valence-electron chi connectivity index (χ3n) is 3.28. The fraction of sp³-hybridized carbons (Fsp3) is 0.538. The summed E-state index contributed by atoms with van der Waals surface area (Å²) in [6.45, 7) is 1.80. The molecule has 6 nitrogen and oxygen atoms in total. The minimum absolute atomic E-state index is 0.210. The smallest absolute Gasteiger partial charge is 0.236 e. The van der Waals surface area contributed by atoms with Crippen LogP contribution in [0.15, 0.2) is 16.2 Å². The molecule has 1 aliphatic heterocycles. The van der Waals surface area contributed by atoms with Crippen molar-refractivity contribution in [1.29, 1.82) is 0 Å². The van der Waals surface area contributed by atoms with E-state index in [0.717, 1.165) is 30.8 Å². The fourth-order valence-corrected chi connectivity index (χ4v) is 3.50. The third kappa shape index (κ3) is 3.82. The van der Waals surface area contributed by atoms with Gasteiger partial charge >= 0.3 is 0 Å². The van der Waals surface area contributed by atoms with E-state index in [-0.39, 0.29) is 5.91 Å². The van der Waals surface area contributed by atoms with Crippen LogP contribution in [0, 0.1) is 0 Å². The van der Waals surface area contributed by atoms with Crippen molar-refractivity contribution in [2.75, 3.05) is 18.8 Å². The summed E-state index contributed by atoms with van der Waals surface area (Å²) in [5, 5.41) is 3.92. The lowest BCUT2D eigenvalue weighted by atomic mass is 10.1. The van der Waals surface area contributed by atoms with Crippen LogP contribution in [0.3, 0.4) is 0 Å². The quantitative estimate of drug-likeness (QED) is 0.841. The number of piperidine rings is 1. The first-order valence-electron chi connectivity index (χ1n) is 6.90. The van der Waals surface area contributed by atoms with Gasteiger partial charge in [0.15, 0.2) is 0 Å². The summed E-state index contributed by atoms with van der Waals surface area (Å²) in [7, 11) is 0. The van der Waals surface area contributed by atoms with E-state index in [1.54, 1.807) is 11.7 Å². The van der Waals surface area contributed by atoms with Crippen LogP contribution >= 0.6 is 23.1 Å². The van der Waals surface area contributed by atoms with Gasteiger partial charge in [-0.15, -0.1) is 23.1 Å². The van der Waals surface area contributed by atoms with E-state index in [1.165, 1.54) is 29.5 Å². The van der Waals surface area contributed by atoms with E-state index in [4.69, 9.17) is 4.52 Å². The van der Waals surface area contributed by atoms with Gasteiger partial charge in [-0.1, -0.05) is 5.16 Å². The van der Waals surface area contributed by atoms with E-state index >= 15 is 0 Å². The molecule has 0 N–H and O–H groups in total. The fourth-order valence-electron chi connectivity index (χ4n) is 2.20. The Morgan fingerprint density at radius 2 is 2.24 bits per heavy atom. The van der Waals surface area contributed by atoms with Crippen LogP contribution in [0.2, 0.25) is 0 Å². The number of thioether (sulfide) groups is 1. The zero-order chi connectivity index (χ0) is 14.5. The monoisotopic (exact) mass is 324 g/mol. The van der Waals surface area contributed by atoms with Crippen molar-refractivity contribution in [3.05, 3.63) is 17.6 Å². The molecule has 0 bridgehead atoms. The molecular weight excluding hydrogens is 308 g/mol. The minimum Gasteiger partial charge on any atom is -0.342 e. The number of amides is 1. The predicted molar refractivity (Wildman–Crippen MR) is 82.0 cm³/mol. The Kier molecular flexibility index (Phi) is 4.87. The Morgan fingerprint density at radius 3 is 3.00 bits per heavy atom. The summed E-state index contributed by atoms with van der Waals surface area (Å²) < 4.78 is 5.19. The maximum absolute atomic E-state index is 12.0.